The molecule has 1 aliphatic rings. The van der Waals surface area contributed by atoms with Crippen molar-refractivity contribution in [1.82, 2.24) is 0 Å². The number of ketones is 1. The van der Waals surface area contributed by atoms with Gasteiger partial charge in [0.1, 0.15) is 5.75 Å². The summed E-state index contributed by atoms with van der Waals surface area (Å²) in [5.41, 5.74) is 3.34. The maximum Gasteiger partial charge on any atom is 0.299 e. The van der Waals surface area contributed by atoms with Crippen LogP contribution in [0.15, 0.2) is 40.9 Å². The number of hydrogen-bond acceptors (Lipinski definition) is 3. The number of carbonyl (C=O) groups excluding carboxylic acids is 2. The predicted molar refractivity (Wildman–Crippen MR) is 101 cm³/mol. The molecule has 0 N–H and O–H groups in total. The van der Waals surface area contributed by atoms with Crippen LogP contribution in [0.5, 0.6) is 5.75 Å². The van der Waals surface area contributed by atoms with Crippen LogP contribution >= 0.6 is 15.9 Å². The van der Waals surface area contributed by atoms with Crippen molar-refractivity contribution >= 4 is 33.3 Å². The summed E-state index contributed by atoms with van der Waals surface area (Å²) in [6, 6.07) is 11.6. The van der Waals surface area contributed by atoms with Crippen molar-refractivity contribution < 1.29 is 14.3 Å². The average Bonchev–Trinajstić information content (AvgIpc) is 2.81. The molecule has 1 amide bonds. The van der Waals surface area contributed by atoms with Crippen molar-refractivity contribution in [2.45, 2.75) is 26.7 Å². The van der Waals surface area contributed by atoms with Gasteiger partial charge in [-0.25, -0.2) is 0 Å². The van der Waals surface area contributed by atoms with Crippen LogP contribution in [-0.2, 0) is 4.79 Å². The van der Waals surface area contributed by atoms with Gasteiger partial charge in [0.25, 0.3) is 11.7 Å². The number of anilines is 1. The normalized spacial score (nSPS) is 13.3. The van der Waals surface area contributed by atoms with E-state index in [4.69, 9.17) is 4.74 Å². The zero-order chi connectivity index (χ0) is 18.0. The lowest BCUT2D eigenvalue weighted by molar-refractivity contribution is -0.114. The summed E-state index contributed by atoms with van der Waals surface area (Å²) < 4.78 is 6.49. The number of ether oxygens (including phenoxy) is 1. The van der Waals surface area contributed by atoms with Gasteiger partial charge in [0.15, 0.2) is 0 Å². The fourth-order valence-electron chi connectivity index (χ4n) is 2.93. The number of fused-ring (bicyclic) bond motifs is 1. The third-order valence-electron chi connectivity index (χ3n) is 4.23. The van der Waals surface area contributed by atoms with Crippen LogP contribution in [0.2, 0.25) is 0 Å². The van der Waals surface area contributed by atoms with Gasteiger partial charge in [-0.1, -0.05) is 17.7 Å². The van der Waals surface area contributed by atoms with Crippen LogP contribution in [0.25, 0.3) is 0 Å². The maximum atomic E-state index is 12.3. The molecule has 25 heavy (non-hydrogen) atoms. The number of hydrogen-bond donors (Lipinski definition) is 0. The van der Waals surface area contributed by atoms with Crippen LogP contribution < -0.4 is 9.64 Å². The molecular formula is C20H20BrNO3. The number of aryl methyl sites for hydroxylation is 2. The molecule has 0 aromatic heterocycles. The molecule has 0 spiro atoms. The van der Waals surface area contributed by atoms with Crippen molar-refractivity contribution in [2.24, 2.45) is 0 Å². The first-order valence-corrected chi connectivity index (χ1v) is 9.12. The molecule has 130 valence electrons. The SMILES string of the molecule is Cc1ccc(OCCCCN2C(=O)C(=O)c3cc(C)cc(Br)c32)cc1. The smallest absolute Gasteiger partial charge is 0.299 e. The van der Waals surface area contributed by atoms with E-state index in [1.165, 1.54) is 5.56 Å². The summed E-state index contributed by atoms with van der Waals surface area (Å²) >= 11 is 3.48. The monoisotopic (exact) mass is 401 g/mol. The van der Waals surface area contributed by atoms with E-state index in [-0.39, 0.29) is 0 Å². The second-order valence-electron chi connectivity index (χ2n) is 6.30. The lowest BCUT2D eigenvalue weighted by atomic mass is 10.1. The number of nitrogens with zero attached hydrogens (tertiary/aromatic N) is 1. The molecule has 5 heteroatoms. The second kappa shape index (κ2) is 7.40. The molecule has 1 heterocycles. The Morgan fingerprint density at radius 3 is 2.44 bits per heavy atom. The van der Waals surface area contributed by atoms with Crippen molar-refractivity contribution in [2.75, 3.05) is 18.1 Å². The highest BCUT2D eigenvalue weighted by molar-refractivity contribution is 9.10. The van der Waals surface area contributed by atoms with Crippen LogP contribution in [0, 0.1) is 13.8 Å². The number of benzene rings is 2. The third-order valence-corrected chi connectivity index (χ3v) is 4.83. The van der Waals surface area contributed by atoms with Gasteiger partial charge in [-0.05, 0) is 72.4 Å². The minimum absolute atomic E-state index is 0.421. The summed E-state index contributed by atoms with van der Waals surface area (Å²) in [6.07, 6.45) is 1.58. The van der Waals surface area contributed by atoms with Crippen molar-refractivity contribution in [1.29, 1.82) is 0 Å². The van der Waals surface area contributed by atoms with Gasteiger partial charge < -0.3 is 9.64 Å². The molecule has 0 aliphatic carbocycles. The van der Waals surface area contributed by atoms with E-state index < -0.39 is 11.7 Å². The number of unbranched alkanes of at least 4 members (excludes halogenated alkanes) is 1. The molecule has 0 saturated heterocycles. The van der Waals surface area contributed by atoms with E-state index in [1.54, 1.807) is 11.0 Å². The summed E-state index contributed by atoms with van der Waals surface area (Å²) in [4.78, 5) is 26.0. The highest BCUT2D eigenvalue weighted by Gasteiger charge is 2.37. The van der Waals surface area contributed by atoms with Crippen LogP contribution in [0.4, 0.5) is 5.69 Å². The molecular weight excluding hydrogens is 382 g/mol. The minimum atomic E-state index is -0.444. The van der Waals surface area contributed by atoms with Crippen molar-refractivity contribution in [3.63, 3.8) is 0 Å². The Balaban J connectivity index is 1.56. The zero-order valence-electron chi connectivity index (χ0n) is 14.3. The summed E-state index contributed by atoms with van der Waals surface area (Å²) in [5, 5.41) is 0. The number of halogens is 1. The van der Waals surface area contributed by atoms with E-state index in [1.807, 2.05) is 44.2 Å². The lowest BCUT2D eigenvalue weighted by Gasteiger charge is -2.18. The number of rotatable bonds is 6. The Hall–Kier alpha value is -2.14. The molecule has 4 nitrogen and oxygen atoms in total. The average molecular weight is 402 g/mol. The maximum absolute atomic E-state index is 12.3. The number of carbonyl (C=O) groups is 2. The van der Waals surface area contributed by atoms with Gasteiger partial charge in [-0.15, -0.1) is 0 Å². The zero-order valence-corrected chi connectivity index (χ0v) is 15.9. The fourth-order valence-corrected chi connectivity index (χ4v) is 3.72. The first-order valence-electron chi connectivity index (χ1n) is 8.33. The van der Waals surface area contributed by atoms with Crippen molar-refractivity contribution in [3.05, 3.63) is 57.6 Å². The van der Waals surface area contributed by atoms with E-state index in [9.17, 15) is 9.59 Å². The summed E-state index contributed by atoms with van der Waals surface area (Å²) in [5.74, 6) is -0.0161. The van der Waals surface area contributed by atoms with Gasteiger partial charge in [0, 0.05) is 11.0 Å². The molecule has 0 radical (unpaired) electrons. The largest absolute Gasteiger partial charge is 0.494 e. The Labute approximate surface area is 155 Å². The molecule has 2 aromatic carbocycles. The van der Waals surface area contributed by atoms with Crippen LogP contribution in [0.3, 0.4) is 0 Å². The Bertz CT molecular complexity index is 814. The number of Topliss-reactive ketones (excluding diaryl/α,β-unsaturated/α-hetero) is 1. The third kappa shape index (κ3) is 3.76. The molecule has 0 fully saturated rings. The topological polar surface area (TPSA) is 46.6 Å². The molecule has 0 unspecified atom stereocenters. The Morgan fingerprint density at radius 2 is 1.72 bits per heavy atom. The molecule has 0 saturated carbocycles. The fraction of sp³-hybridized carbons (Fsp3) is 0.300. The van der Waals surface area contributed by atoms with E-state index in [0.29, 0.717) is 24.4 Å². The van der Waals surface area contributed by atoms with E-state index in [0.717, 1.165) is 28.6 Å². The molecule has 0 atom stereocenters. The standard InChI is InChI=1S/C20H20BrNO3/c1-13-5-7-15(8-6-13)25-10-4-3-9-22-18-16(19(23)20(22)24)11-14(2)12-17(18)21/h5-8,11-12H,3-4,9-10H2,1-2H3. The van der Waals surface area contributed by atoms with Gasteiger partial charge in [-0.3, -0.25) is 9.59 Å². The summed E-state index contributed by atoms with van der Waals surface area (Å²) in [6.45, 7) is 5.04. The van der Waals surface area contributed by atoms with Crippen LogP contribution in [0.1, 0.15) is 34.3 Å². The van der Waals surface area contributed by atoms with Crippen LogP contribution in [-0.4, -0.2) is 24.8 Å². The highest BCUT2D eigenvalue weighted by Crippen LogP contribution is 2.37. The molecule has 3 rings (SSSR count). The van der Waals surface area contributed by atoms with E-state index >= 15 is 0 Å². The first kappa shape index (κ1) is 17.7. The highest BCUT2D eigenvalue weighted by atomic mass is 79.9. The first-order chi connectivity index (χ1) is 12.0. The molecule has 2 aromatic rings. The summed E-state index contributed by atoms with van der Waals surface area (Å²) in [7, 11) is 0. The Kier molecular flexibility index (Phi) is 5.23. The second-order valence-corrected chi connectivity index (χ2v) is 7.15. The quantitative estimate of drug-likeness (QED) is 0.530. The van der Waals surface area contributed by atoms with Gasteiger partial charge in [0.2, 0.25) is 0 Å². The molecule has 0 bridgehead atoms. The Morgan fingerprint density at radius 1 is 1.00 bits per heavy atom. The predicted octanol–water partition coefficient (Wildman–Crippen LogP) is 4.45. The molecule has 1 aliphatic heterocycles. The van der Waals surface area contributed by atoms with Crippen molar-refractivity contribution in [3.8, 4) is 5.75 Å². The number of amides is 1. The van der Waals surface area contributed by atoms with Gasteiger partial charge in [0.05, 0.1) is 17.9 Å². The van der Waals surface area contributed by atoms with Gasteiger partial charge >= 0.3 is 0 Å². The van der Waals surface area contributed by atoms with E-state index in [2.05, 4.69) is 15.9 Å². The minimum Gasteiger partial charge on any atom is -0.494 e. The van der Waals surface area contributed by atoms with Gasteiger partial charge in [-0.2, -0.15) is 0 Å². The lowest BCUT2D eigenvalue weighted by Crippen LogP contribution is -2.31.